The molecule has 0 N–H and O–H groups in total. The van der Waals surface area contributed by atoms with Crippen molar-refractivity contribution >= 4 is 22.6 Å². The van der Waals surface area contributed by atoms with Gasteiger partial charge < -0.3 is 4.90 Å². The number of hydrogen-bond donors (Lipinski definition) is 0. The predicted octanol–water partition coefficient (Wildman–Crippen LogP) is 3.75. The van der Waals surface area contributed by atoms with Gasteiger partial charge in [-0.1, -0.05) is 18.2 Å². The smallest absolute Gasteiger partial charge is 0.0524 e. The largest absolute Gasteiger partial charge is 0.309 e. The van der Waals surface area contributed by atoms with Crippen molar-refractivity contribution in [1.29, 1.82) is 0 Å². The first-order valence-corrected chi connectivity index (χ1v) is 7.48. The zero-order valence-corrected chi connectivity index (χ0v) is 12.2. The molecule has 2 heterocycles. The first kappa shape index (κ1) is 12.6. The molecule has 98 valence electrons. The zero-order chi connectivity index (χ0) is 13.2. The third-order valence-electron chi connectivity index (χ3n) is 3.41. The summed E-state index contributed by atoms with van der Waals surface area (Å²) < 4.78 is 0. The maximum Gasteiger partial charge on any atom is 0.0524 e. The van der Waals surface area contributed by atoms with Crippen molar-refractivity contribution < 1.29 is 0 Å². The monoisotopic (exact) mass is 270 g/mol. The van der Waals surface area contributed by atoms with Crippen LogP contribution in [0.2, 0.25) is 0 Å². The highest BCUT2D eigenvalue weighted by Crippen LogP contribution is 2.32. The second-order valence-corrected chi connectivity index (χ2v) is 6.16. The van der Waals surface area contributed by atoms with Gasteiger partial charge in [-0.2, -0.15) is 0 Å². The van der Waals surface area contributed by atoms with Crippen LogP contribution in [0.3, 0.4) is 0 Å². The Balaban J connectivity index is 1.73. The van der Waals surface area contributed by atoms with Gasteiger partial charge in [0.1, 0.15) is 0 Å². The van der Waals surface area contributed by atoms with Crippen LogP contribution in [0.15, 0.2) is 52.0 Å². The summed E-state index contributed by atoms with van der Waals surface area (Å²) in [6.07, 6.45) is 8.68. The number of thiophene rings is 1. The summed E-state index contributed by atoms with van der Waals surface area (Å²) in [5, 5.41) is 2.13. The van der Waals surface area contributed by atoms with Crippen LogP contribution >= 0.6 is 11.3 Å². The van der Waals surface area contributed by atoms with E-state index in [4.69, 9.17) is 4.99 Å². The molecule has 0 saturated carbocycles. The molecule has 0 saturated heterocycles. The van der Waals surface area contributed by atoms with Gasteiger partial charge in [-0.15, -0.1) is 11.3 Å². The van der Waals surface area contributed by atoms with E-state index in [0.717, 1.165) is 19.4 Å². The number of aliphatic imine (C=N–C) groups is 1. The molecule has 1 aromatic rings. The van der Waals surface area contributed by atoms with E-state index in [0.29, 0.717) is 0 Å². The van der Waals surface area contributed by atoms with Gasteiger partial charge >= 0.3 is 0 Å². The van der Waals surface area contributed by atoms with E-state index in [1.165, 1.54) is 27.4 Å². The molecule has 0 fully saturated rings. The molecular weight excluding hydrogens is 252 g/mol. The van der Waals surface area contributed by atoms with Gasteiger partial charge in [0.25, 0.3) is 0 Å². The minimum absolute atomic E-state index is 0.967. The molecule has 0 atom stereocenters. The molecule has 1 aromatic heterocycles. The van der Waals surface area contributed by atoms with E-state index in [1.54, 1.807) is 11.3 Å². The average Bonchev–Trinajstić information content (AvgIpc) is 3.04. The summed E-state index contributed by atoms with van der Waals surface area (Å²) in [4.78, 5) is 8.35. The molecule has 0 amide bonds. The first-order chi connectivity index (χ1) is 9.22. The van der Waals surface area contributed by atoms with Crippen LogP contribution in [0.4, 0.5) is 0 Å². The van der Waals surface area contributed by atoms with Gasteiger partial charge in [0, 0.05) is 30.0 Å². The Bertz CT molecular complexity index is 586. The third-order valence-corrected chi connectivity index (χ3v) is 4.35. The minimum atomic E-state index is 0.967. The van der Waals surface area contributed by atoms with Gasteiger partial charge in [-0.3, -0.25) is 4.99 Å². The molecule has 1 aliphatic carbocycles. The number of rotatable bonds is 4. The maximum absolute atomic E-state index is 4.79. The Kier molecular flexibility index (Phi) is 3.49. The molecule has 0 aromatic carbocycles. The quantitative estimate of drug-likeness (QED) is 0.813. The topological polar surface area (TPSA) is 15.6 Å². The molecule has 19 heavy (non-hydrogen) atoms. The lowest BCUT2D eigenvalue weighted by atomic mass is 9.96. The van der Waals surface area contributed by atoms with Crippen LogP contribution in [-0.4, -0.2) is 31.3 Å². The highest BCUT2D eigenvalue weighted by Gasteiger charge is 2.19. The standard InChI is InChI=1S/C16H18N2S/c1-18(2)8-7-14-10-12-5-6-13(11-15(12)17-14)16-4-3-9-19-16/h3-6,9-10H,7-8,11H2,1-2H3. The molecule has 2 nitrogen and oxygen atoms in total. The summed E-state index contributed by atoms with van der Waals surface area (Å²) in [7, 11) is 4.21. The lowest BCUT2D eigenvalue weighted by molar-refractivity contribution is 0.412. The van der Waals surface area contributed by atoms with Crippen molar-refractivity contribution in [2.75, 3.05) is 20.6 Å². The zero-order valence-electron chi connectivity index (χ0n) is 11.4. The molecule has 0 radical (unpaired) electrons. The summed E-state index contributed by atoms with van der Waals surface area (Å²) in [6, 6.07) is 4.29. The summed E-state index contributed by atoms with van der Waals surface area (Å²) in [5.41, 5.74) is 5.14. The first-order valence-electron chi connectivity index (χ1n) is 6.60. The highest BCUT2D eigenvalue weighted by molar-refractivity contribution is 7.11. The number of allylic oxidation sites excluding steroid dienone is 5. The lowest BCUT2D eigenvalue weighted by Crippen LogP contribution is -2.12. The Labute approximate surface area is 118 Å². The predicted molar refractivity (Wildman–Crippen MR) is 83.7 cm³/mol. The van der Waals surface area contributed by atoms with Crippen molar-refractivity contribution in [3.05, 3.63) is 51.9 Å². The molecular formula is C16H18N2S. The van der Waals surface area contributed by atoms with Gasteiger partial charge in [-0.05, 0) is 42.8 Å². The third kappa shape index (κ3) is 2.77. The fourth-order valence-corrected chi connectivity index (χ4v) is 3.10. The Morgan fingerprint density at radius 1 is 1.32 bits per heavy atom. The number of nitrogens with zero attached hydrogens (tertiary/aromatic N) is 2. The number of hydrogen-bond acceptors (Lipinski definition) is 3. The van der Waals surface area contributed by atoms with Crippen molar-refractivity contribution in [2.45, 2.75) is 12.8 Å². The molecule has 1 aliphatic heterocycles. The fraction of sp³-hybridized carbons (Fsp3) is 0.312. The van der Waals surface area contributed by atoms with Crippen LogP contribution in [0.5, 0.6) is 0 Å². The molecule has 3 heteroatoms. The lowest BCUT2D eigenvalue weighted by Gasteiger charge is -2.11. The summed E-state index contributed by atoms with van der Waals surface area (Å²) >= 11 is 1.80. The second kappa shape index (κ2) is 5.27. The molecule has 3 rings (SSSR count). The van der Waals surface area contributed by atoms with E-state index < -0.39 is 0 Å². The highest BCUT2D eigenvalue weighted by atomic mass is 32.1. The van der Waals surface area contributed by atoms with Crippen molar-refractivity contribution in [3.8, 4) is 0 Å². The Morgan fingerprint density at radius 3 is 2.95 bits per heavy atom. The van der Waals surface area contributed by atoms with Gasteiger partial charge in [-0.25, -0.2) is 0 Å². The van der Waals surface area contributed by atoms with E-state index >= 15 is 0 Å². The van der Waals surface area contributed by atoms with Crippen LogP contribution < -0.4 is 0 Å². The molecule has 0 spiro atoms. The van der Waals surface area contributed by atoms with E-state index in [2.05, 4.69) is 54.7 Å². The molecule has 2 aliphatic rings. The number of fused-ring (bicyclic) bond motifs is 1. The summed E-state index contributed by atoms with van der Waals surface area (Å²) in [5.74, 6) is 0. The van der Waals surface area contributed by atoms with E-state index in [1.807, 2.05) is 0 Å². The van der Waals surface area contributed by atoms with Crippen LogP contribution in [-0.2, 0) is 0 Å². The maximum atomic E-state index is 4.79. The Hall–Kier alpha value is -1.45. The van der Waals surface area contributed by atoms with Crippen LogP contribution in [0.1, 0.15) is 17.7 Å². The SMILES string of the molecule is CN(C)CCC1=CC2=CC=C(c3cccs3)CC2=N1. The molecule has 0 unspecified atom stereocenters. The average molecular weight is 270 g/mol. The van der Waals surface area contributed by atoms with Crippen molar-refractivity contribution in [1.82, 2.24) is 4.90 Å². The Morgan fingerprint density at radius 2 is 2.21 bits per heavy atom. The van der Waals surface area contributed by atoms with Crippen molar-refractivity contribution in [2.24, 2.45) is 4.99 Å². The van der Waals surface area contributed by atoms with E-state index in [-0.39, 0.29) is 0 Å². The van der Waals surface area contributed by atoms with Gasteiger partial charge in [0.2, 0.25) is 0 Å². The normalized spacial score (nSPS) is 17.8. The van der Waals surface area contributed by atoms with Crippen LogP contribution in [0.25, 0.3) is 5.57 Å². The molecule has 0 bridgehead atoms. The van der Waals surface area contributed by atoms with Gasteiger partial charge in [0.05, 0.1) is 5.71 Å². The van der Waals surface area contributed by atoms with Crippen LogP contribution in [0, 0.1) is 0 Å². The minimum Gasteiger partial charge on any atom is -0.309 e. The van der Waals surface area contributed by atoms with Gasteiger partial charge in [0.15, 0.2) is 0 Å². The summed E-state index contributed by atoms with van der Waals surface area (Å²) in [6.45, 7) is 1.06. The van der Waals surface area contributed by atoms with E-state index in [9.17, 15) is 0 Å². The van der Waals surface area contributed by atoms with Crippen molar-refractivity contribution in [3.63, 3.8) is 0 Å². The fourth-order valence-electron chi connectivity index (χ4n) is 2.35. The second-order valence-electron chi connectivity index (χ2n) is 5.22.